The molecule has 1 aromatic rings. The average molecular weight is 247 g/mol. The van der Waals surface area contributed by atoms with Crippen LogP contribution in [0.25, 0.3) is 0 Å². The highest BCUT2D eigenvalue weighted by atomic mass is 16.5. The molecule has 3 nitrogen and oxygen atoms in total. The van der Waals surface area contributed by atoms with Crippen molar-refractivity contribution < 1.29 is 9.53 Å². The van der Waals surface area contributed by atoms with Crippen molar-refractivity contribution in [1.29, 1.82) is 0 Å². The van der Waals surface area contributed by atoms with Crippen LogP contribution in [0.3, 0.4) is 0 Å². The van der Waals surface area contributed by atoms with E-state index in [-0.39, 0.29) is 5.97 Å². The molecule has 1 fully saturated rings. The topological polar surface area (TPSA) is 29.5 Å². The average Bonchev–Trinajstić information content (AvgIpc) is 2.40. The minimum atomic E-state index is -0.145. The lowest BCUT2D eigenvalue weighted by Gasteiger charge is -2.29. The molecule has 18 heavy (non-hydrogen) atoms. The molecule has 0 bridgehead atoms. The first-order valence-electron chi connectivity index (χ1n) is 6.79. The highest BCUT2D eigenvalue weighted by Crippen LogP contribution is 2.21. The summed E-state index contributed by atoms with van der Waals surface area (Å²) >= 11 is 0. The molecule has 0 atom stereocenters. The van der Waals surface area contributed by atoms with Gasteiger partial charge in [0.25, 0.3) is 0 Å². The van der Waals surface area contributed by atoms with Gasteiger partial charge in [-0.3, -0.25) is 4.79 Å². The number of hydrogen-bond donors (Lipinski definition) is 0. The van der Waals surface area contributed by atoms with Gasteiger partial charge in [-0.25, -0.2) is 0 Å². The molecular formula is C15H21NO2. The van der Waals surface area contributed by atoms with Crippen molar-refractivity contribution in [3.8, 4) is 0 Å². The van der Waals surface area contributed by atoms with Gasteiger partial charge < -0.3 is 9.64 Å². The maximum absolute atomic E-state index is 11.5. The van der Waals surface area contributed by atoms with Crippen LogP contribution in [-0.2, 0) is 16.0 Å². The number of ether oxygens (including phenoxy) is 1. The smallest absolute Gasteiger partial charge is 0.310 e. The van der Waals surface area contributed by atoms with Gasteiger partial charge >= 0.3 is 5.97 Å². The van der Waals surface area contributed by atoms with Gasteiger partial charge in [-0.2, -0.15) is 0 Å². The number of piperidine rings is 1. The Bertz CT molecular complexity index is 397. The van der Waals surface area contributed by atoms with E-state index >= 15 is 0 Å². The predicted molar refractivity (Wildman–Crippen MR) is 72.8 cm³/mol. The number of anilines is 1. The molecule has 2 rings (SSSR count). The summed E-state index contributed by atoms with van der Waals surface area (Å²) in [5, 5.41) is 0. The first-order chi connectivity index (χ1) is 8.79. The van der Waals surface area contributed by atoms with Gasteiger partial charge in [0, 0.05) is 18.8 Å². The lowest BCUT2D eigenvalue weighted by Crippen LogP contribution is -2.29. The molecular weight excluding hydrogens is 226 g/mol. The summed E-state index contributed by atoms with van der Waals surface area (Å²) in [5.74, 6) is -0.145. The second-order valence-corrected chi connectivity index (χ2v) is 4.70. The second-order valence-electron chi connectivity index (χ2n) is 4.70. The molecule has 1 aliphatic rings. The Balaban J connectivity index is 2.02. The monoisotopic (exact) mass is 247 g/mol. The Morgan fingerprint density at radius 2 is 2.06 bits per heavy atom. The summed E-state index contributed by atoms with van der Waals surface area (Å²) in [5.41, 5.74) is 2.27. The fourth-order valence-corrected chi connectivity index (χ4v) is 2.39. The molecule has 1 aliphatic heterocycles. The molecule has 0 aliphatic carbocycles. The Morgan fingerprint density at radius 1 is 1.28 bits per heavy atom. The molecule has 0 saturated carbocycles. The summed E-state index contributed by atoms with van der Waals surface area (Å²) < 4.78 is 4.98. The van der Waals surface area contributed by atoms with E-state index in [4.69, 9.17) is 4.74 Å². The summed E-state index contributed by atoms with van der Waals surface area (Å²) in [7, 11) is 0. The van der Waals surface area contributed by atoms with Crippen LogP contribution >= 0.6 is 0 Å². The quantitative estimate of drug-likeness (QED) is 0.766. The van der Waals surface area contributed by atoms with Crippen molar-refractivity contribution in [2.45, 2.75) is 32.6 Å². The summed E-state index contributed by atoms with van der Waals surface area (Å²) in [6.07, 6.45) is 4.23. The minimum Gasteiger partial charge on any atom is -0.466 e. The maximum atomic E-state index is 11.5. The zero-order chi connectivity index (χ0) is 12.8. The molecule has 1 aromatic carbocycles. The van der Waals surface area contributed by atoms with Gasteiger partial charge in [-0.05, 0) is 43.9 Å². The first-order valence-corrected chi connectivity index (χ1v) is 6.79. The Morgan fingerprint density at radius 3 is 2.78 bits per heavy atom. The van der Waals surface area contributed by atoms with Crippen LogP contribution in [0.4, 0.5) is 5.69 Å². The number of carbonyl (C=O) groups is 1. The van der Waals surface area contributed by atoms with Crippen LogP contribution in [0, 0.1) is 0 Å². The third-order valence-electron chi connectivity index (χ3n) is 3.29. The van der Waals surface area contributed by atoms with Crippen molar-refractivity contribution in [2.24, 2.45) is 0 Å². The van der Waals surface area contributed by atoms with Crippen LogP contribution in [0.2, 0.25) is 0 Å². The van der Waals surface area contributed by atoms with E-state index in [0.29, 0.717) is 13.0 Å². The lowest BCUT2D eigenvalue weighted by atomic mass is 10.1. The van der Waals surface area contributed by atoms with E-state index in [1.165, 1.54) is 24.9 Å². The third kappa shape index (κ3) is 3.49. The van der Waals surface area contributed by atoms with Crippen molar-refractivity contribution in [3.05, 3.63) is 29.8 Å². The van der Waals surface area contributed by atoms with Gasteiger partial charge in [0.2, 0.25) is 0 Å². The van der Waals surface area contributed by atoms with Gasteiger partial charge in [0.15, 0.2) is 0 Å². The molecule has 0 aromatic heterocycles. The zero-order valence-electron chi connectivity index (χ0n) is 11.0. The van der Waals surface area contributed by atoms with Crippen molar-refractivity contribution >= 4 is 11.7 Å². The van der Waals surface area contributed by atoms with E-state index in [9.17, 15) is 4.79 Å². The SMILES string of the molecule is CCOC(=O)Cc1cccc(N2CCCCC2)c1. The van der Waals surface area contributed by atoms with E-state index in [0.717, 1.165) is 18.7 Å². The summed E-state index contributed by atoms with van der Waals surface area (Å²) in [4.78, 5) is 13.9. The Labute approximate surface area is 109 Å². The summed E-state index contributed by atoms with van der Waals surface area (Å²) in [6.45, 7) is 4.54. The van der Waals surface area contributed by atoms with Gasteiger partial charge in [0.1, 0.15) is 0 Å². The van der Waals surface area contributed by atoms with Gasteiger partial charge in [-0.15, -0.1) is 0 Å². The molecule has 98 valence electrons. The van der Waals surface area contributed by atoms with Gasteiger partial charge in [-0.1, -0.05) is 12.1 Å². The number of benzene rings is 1. The van der Waals surface area contributed by atoms with Crippen molar-refractivity contribution in [3.63, 3.8) is 0 Å². The highest BCUT2D eigenvalue weighted by molar-refractivity contribution is 5.73. The molecule has 0 amide bonds. The number of nitrogens with zero attached hydrogens (tertiary/aromatic N) is 1. The molecule has 3 heteroatoms. The fraction of sp³-hybridized carbons (Fsp3) is 0.533. The minimum absolute atomic E-state index is 0.145. The zero-order valence-corrected chi connectivity index (χ0v) is 11.0. The Kier molecular flexibility index (Phi) is 4.62. The molecule has 1 saturated heterocycles. The van der Waals surface area contributed by atoms with E-state index in [1.807, 2.05) is 19.1 Å². The molecule has 1 heterocycles. The normalized spacial score (nSPS) is 15.5. The Hall–Kier alpha value is -1.51. The van der Waals surface area contributed by atoms with Gasteiger partial charge in [0.05, 0.1) is 13.0 Å². The molecule has 0 radical (unpaired) electrons. The second kappa shape index (κ2) is 6.43. The van der Waals surface area contributed by atoms with E-state index < -0.39 is 0 Å². The first kappa shape index (κ1) is 12.9. The molecule has 0 unspecified atom stereocenters. The maximum Gasteiger partial charge on any atom is 0.310 e. The van der Waals surface area contributed by atoms with Crippen LogP contribution in [0.15, 0.2) is 24.3 Å². The predicted octanol–water partition coefficient (Wildman–Crippen LogP) is 2.78. The van der Waals surface area contributed by atoms with Crippen LogP contribution < -0.4 is 4.90 Å². The van der Waals surface area contributed by atoms with Crippen LogP contribution in [-0.4, -0.2) is 25.7 Å². The molecule has 0 N–H and O–H groups in total. The largest absolute Gasteiger partial charge is 0.466 e. The number of rotatable bonds is 4. The highest BCUT2D eigenvalue weighted by Gasteiger charge is 2.12. The molecule has 0 spiro atoms. The third-order valence-corrected chi connectivity index (χ3v) is 3.29. The van der Waals surface area contributed by atoms with E-state index in [2.05, 4.69) is 17.0 Å². The van der Waals surface area contributed by atoms with Crippen molar-refractivity contribution in [2.75, 3.05) is 24.6 Å². The van der Waals surface area contributed by atoms with Crippen molar-refractivity contribution in [1.82, 2.24) is 0 Å². The summed E-state index contributed by atoms with van der Waals surface area (Å²) in [6, 6.07) is 8.26. The van der Waals surface area contributed by atoms with Crippen LogP contribution in [0.5, 0.6) is 0 Å². The number of carbonyl (C=O) groups excluding carboxylic acids is 1. The standard InChI is InChI=1S/C15H21NO2/c1-2-18-15(17)12-13-7-6-8-14(11-13)16-9-4-3-5-10-16/h6-8,11H,2-5,9-10,12H2,1H3. The number of esters is 1. The number of hydrogen-bond acceptors (Lipinski definition) is 3. The fourth-order valence-electron chi connectivity index (χ4n) is 2.39. The van der Waals surface area contributed by atoms with E-state index in [1.54, 1.807) is 0 Å². The lowest BCUT2D eigenvalue weighted by molar-refractivity contribution is -0.142. The van der Waals surface area contributed by atoms with Crippen LogP contribution in [0.1, 0.15) is 31.7 Å².